The summed E-state index contributed by atoms with van der Waals surface area (Å²) in [5, 5.41) is 8.26. The van der Waals surface area contributed by atoms with E-state index in [1.165, 1.54) is 4.88 Å². The van der Waals surface area contributed by atoms with Gasteiger partial charge in [-0.15, -0.1) is 11.3 Å². The summed E-state index contributed by atoms with van der Waals surface area (Å²) in [5.41, 5.74) is 1.97. The highest BCUT2D eigenvalue weighted by molar-refractivity contribution is 7.09. The summed E-state index contributed by atoms with van der Waals surface area (Å²) >= 11 is 1.74. The van der Waals surface area contributed by atoms with Crippen molar-refractivity contribution in [2.24, 2.45) is 0 Å². The number of nitrogens with zero attached hydrogens (tertiary/aromatic N) is 1. The fourth-order valence-corrected chi connectivity index (χ4v) is 2.75. The number of amides is 2. The van der Waals surface area contributed by atoms with E-state index >= 15 is 0 Å². The Morgan fingerprint density at radius 1 is 1.32 bits per heavy atom. The van der Waals surface area contributed by atoms with Crippen molar-refractivity contribution in [3.8, 4) is 0 Å². The predicted molar refractivity (Wildman–Crippen MR) is 78.8 cm³/mol. The smallest absolute Gasteiger partial charge is 0.321 e. The lowest BCUT2D eigenvalue weighted by Gasteiger charge is -2.15. The van der Waals surface area contributed by atoms with Gasteiger partial charge < -0.3 is 10.6 Å². The molecular weight excluding hydrogens is 258 g/mol. The second-order valence-corrected chi connectivity index (χ2v) is 5.40. The largest absolute Gasteiger partial charge is 0.380 e. The second-order valence-electron chi connectivity index (χ2n) is 4.37. The summed E-state index contributed by atoms with van der Waals surface area (Å²) < 4.78 is 0. The summed E-state index contributed by atoms with van der Waals surface area (Å²) in [7, 11) is 0. The fourth-order valence-electron chi connectivity index (χ4n) is 2.10. The van der Waals surface area contributed by atoms with Crippen molar-refractivity contribution in [3.05, 3.63) is 46.7 Å². The van der Waals surface area contributed by atoms with Gasteiger partial charge in [0.2, 0.25) is 0 Å². The molecule has 4 nitrogen and oxygen atoms in total. The van der Waals surface area contributed by atoms with Gasteiger partial charge in [0, 0.05) is 35.9 Å². The van der Waals surface area contributed by atoms with Gasteiger partial charge in [0.05, 0.1) is 0 Å². The maximum Gasteiger partial charge on any atom is 0.321 e. The number of hydrogen-bond acceptors (Lipinski definition) is 3. The van der Waals surface area contributed by atoms with E-state index in [4.69, 9.17) is 0 Å². The highest BCUT2D eigenvalue weighted by Gasteiger charge is 2.20. The Hall–Kier alpha value is -2.01. The van der Waals surface area contributed by atoms with Crippen molar-refractivity contribution in [2.75, 3.05) is 23.3 Å². The van der Waals surface area contributed by atoms with Crippen molar-refractivity contribution in [1.29, 1.82) is 0 Å². The topological polar surface area (TPSA) is 44.4 Å². The molecule has 0 atom stereocenters. The van der Waals surface area contributed by atoms with Gasteiger partial charge >= 0.3 is 6.03 Å². The molecule has 0 unspecified atom stereocenters. The molecule has 1 aromatic heterocycles. The van der Waals surface area contributed by atoms with Crippen LogP contribution >= 0.6 is 11.3 Å². The lowest BCUT2D eigenvalue weighted by atomic mass is 10.2. The number of rotatable bonds is 4. The molecule has 1 aliphatic heterocycles. The van der Waals surface area contributed by atoms with E-state index in [9.17, 15) is 4.79 Å². The summed E-state index contributed by atoms with van der Waals surface area (Å²) in [6.45, 7) is 2.26. The molecule has 2 amide bonds. The number of carbonyl (C=O) groups excluding carboxylic acids is 1. The average Bonchev–Trinajstić information content (AvgIpc) is 3.08. The van der Waals surface area contributed by atoms with E-state index in [0.29, 0.717) is 6.54 Å². The zero-order valence-electron chi connectivity index (χ0n) is 10.4. The first-order valence-electron chi connectivity index (χ1n) is 6.24. The predicted octanol–water partition coefficient (Wildman–Crippen LogP) is 2.89. The number of urea groups is 1. The van der Waals surface area contributed by atoms with Crippen LogP contribution < -0.4 is 15.5 Å². The van der Waals surface area contributed by atoms with Crippen LogP contribution in [0.2, 0.25) is 0 Å². The van der Waals surface area contributed by atoms with Crippen molar-refractivity contribution < 1.29 is 4.79 Å². The molecule has 0 saturated carbocycles. The third-order valence-electron chi connectivity index (χ3n) is 3.06. The van der Waals surface area contributed by atoms with Crippen LogP contribution in [0.1, 0.15) is 4.88 Å². The Kier molecular flexibility index (Phi) is 3.37. The average molecular weight is 273 g/mol. The first-order valence-corrected chi connectivity index (χ1v) is 7.12. The van der Waals surface area contributed by atoms with Crippen LogP contribution in [0.4, 0.5) is 16.2 Å². The third-order valence-corrected chi connectivity index (χ3v) is 3.94. The molecule has 2 N–H and O–H groups in total. The SMILES string of the molecule is O=C1NCCN1c1cccc(NCc2cccs2)c1. The minimum Gasteiger partial charge on any atom is -0.380 e. The molecule has 0 aliphatic carbocycles. The molecule has 19 heavy (non-hydrogen) atoms. The van der Waals surface area contributed by atoms with Crippen LogP contribution in [0.25, 0.3) is 0 Å². The Labute approximate surface area is 116 Å². The van der Waals surface area contributed by atoms with Crippen molar-refractivity contribution in [2.45, 2.75) is 6.54 Å². The molecule has 2 heterocycles. The van der Waals surface area contributed by atoms with Gasteiger partial charge in [0.15, 0.2) is 0 Å². The third kappa shape index (κ3) is 2.71. The zero-order valence-corrected chi connectivity index (χ0v) is 11.2. The lowest BCUT2D eigenvalue weighted by molar-refractivity contribution is 0.252. The number of thiophene rings is 1. The van der Waals surface area contributed by atoms with Gasteiger partial charge in [0.25, 0.3) is 0 Å². The van der Waals surface area contributed by atoms with Crippen LogP contribution in [0.3, 0.4) is 0 Å². The van der Waals surface area contributed by atoms with Crippen LogP contribution in [-0.2, 0) is 6.54 Å². The van der Waals surface area contributed by atoms with Crippen LogP contribution in [0, 0.1) is 0 Å². The molecule has 5 heteroatoms. The molecule has 1 aromatic carbocycles. The Morgan fingerprint density at radius 3 is 3.00 bits per heavy atom. The standard InChI is InChI=1S/C14H15N3OS/c18-14-15-6-7-17(14)12-4-1-3-11(9-12)16-10-13-5-2-8-19-13/h1-5,8-9,16H,6-7,10H2,(H,15,18). The molecule has 1 saturated heterocycles. The zero-order chi connectivity index (χ0) is 13.1. The molecule has 3 rings (SSSR count). The van der Waals surface area contributed by atoms with E-state index in [1.807, 2.05) is 30.3 Å². The maximum absolute atomic E-state index is 11.6. The molecule has 2 aromatic rings. The van der Waals surface area contributed by atoms with Crippen molar-refractivity contribution in [3.63, 3.8) is 0 Å². The number of anilines is 2. The van der Waals surface area contributed by atoms with E-state index in [2.05, 4.69) is 22.1 Å². The quantitative estimate of drug-likeness (QED) is 0.899. The number of hydrogen-bond donors (Lipinski definition) is 2. The molecular formula is C14H15N3OS. The van der Waals surface area contributed by atoms with Crippen LogP contribution in [0.15, 0.2) is 41.8 Å². The normalized spacial score (nSPS) is 14.5. The van der Waals surface area contributed by atoms with E-state index in [-0.39, 0.29) is 6.03 Å². The van der Waals surface area contributed by atoms with E-state index < -0.39 is 0 Å². The molecule has 98 valence electrons. The first-order chi connectivity index (χ1) is 9.33. The molecule has 0 bridgehead atoms. The van der Waals surface area contributed by atoms with Gasteiger partial charge in [-0.3, -0.25) is 4.90 Å². The summed E-state index contributed by atoms with van der Waals surface area (Å²) in [5.74, 6) is 0. The number of benzene rings is 1. The second kappa shape index (κ2) is 5.32. The lowest BCUT2D eigenvalue weighted by Crippen LogP contribution is -2.27. The van der Waals surface area contributed by atoms with Crippen LogP contribution in [0.5, 0.6) is 0 Å². The summed E-state index contributed by atoms with van der Waals surface area (Å²) in [6.07, 6.45) is 0. The first kappa shape index (κ1) is 12.0. The number of carbonyl (C=O) groups is 1. The van der Waals surface area contributed by atoms with Crippen molar-refractivity contribution in [1.82, 2.24) is 5.32 Å². The van der Waals surface area contributed by atoms with Gasteiger partial charge in [0.1, 0.15) is 0 Å². The molecule has 1 fully saturated rings. The van der Waals surface area contributed by atoms with E-state index in [0.717, 1.165) is 24.5 Å². The Bertz CT molecular complexity index is 568. The van der Waals surface area contributed by atoms with Gasteiger partial charge in [-0.05, 0) is 29.6 Å². The molecule has 0 spiro atoms. The molecule has 0 radical (unpaired) electrons. The van der Waals surface area contributed by atoms with Gasteiger partial charge in [-0.2, -0.15) is 0 Å². The van der Waals surface area contributed by atoms with Gasteiger partial charge in [-0.1, -0.05) is 12.1 Å². The van der Waals surface area contributed by atoms with Gasteiger partial charge in [-0.25, -0.2) is 4.79 Å². The molecule has 1 aliphatic rings. The van der Waals surface area contributed by atoms with Crippen molar-refractivity contribution >= 4 is 28.7 Å². The summed E-state index contributed by atoms with van der Waals surface area (Å²) in [4.78, 5) is 14.7. The Morgan fingerprint density at radius 2 is 2.26 bits per heavy atom. The van der Waals surface area contributed by atoms with Crippen LogP contribution in [-0.4, -0.2) is 19.1 Å². The fraction of sp³-hybridized carbons (Fsp3) is 0.214. The highest BCUT2D eigenvalue weighted by atomic mass is 32.1. The highest BCUT2D eigenvalue weighted by Crippen LogP contribution is 2.21. The minimum absolute atomic E-state index is 0.0181. The summed E-state index contributed by atoms with van der Waals surface area (Å²) in [6, 6.07) is 12.1. The maximum atomic E-state index is 11.6. The number of nitrogens with one attached hydrogen (secondary N) is 2. The Balaban J connectivity index is 1.71. The minimum atomic E-state index is -0.0181. The van der Waals surface area contributed by atoms with E-state index in [1.54, 1.807) is 16.2 Å². The monoisotopic (exact) mass is 273 g/mol.